The van der Waals surface area contributed by atoms with Crippen molar-refractivity contribution >= 4 is 11.7 Å². The van der Waals surface area contributed by atoms with Crippen molar-refractivity contribution in [2.24, 2.45) is 5.92 Å². The molecule has 4 nitrogen and oxygen atoms in total. The molecular formula is C16H24FN3O. The summed E-state index contributed by atoms with van der Waals surface area (Å²) in [4.78, 5) is 16.3. The van der Waals surface area contributed by atoms with Crippen LogP contribution >= 0.6 is 0 Å². The maximum atomic E-state index is 13.3. The smallest absolute Gasteiger partial charge is 0.255 e. The van der Waals surface area contributed by atoms with Gasteiger partial charge in [-0.05, 0) is 31.2 Å². The molecule has 1 amide bonds. The molecule has 0 radical (unpaired) electrons. The molecule has 2 rings (SSSR count). The maximum absolute atomic E-state index is 13.3. The van der Waals surface area contributed by atoms with Gasteiger partial charge in [-0.1, -0.05) is 26.2 Å². The van der Waals surface area contributed by atoms with E-state index in [1.54, 1.807) is 7.05 Å². The fourth-order valence-electron chi connectivity index (χ4n) is 3.15. The van der Waals surface area contributed by atoms with Crippen molar-refractivity contribution in [3.05, 3.63) is 23.6 Å². The summed E-state index contributed by atoms with van der Waals surface area (Å²) in [5, 5.41) is 5.90. The molecule has 1 aromatic heterocycles. The van der Waals surface area contributed by atoms with Gasteiger partial charge in [-0.3, -0.25) is 4.79 Å². The Hall–Kier alpha value is -1.65. The molecular weight excluding hydrogens is 269 g/mol. The van der Waals surface area contributed by atoms with E-state index in [1.165, 1.54) is 38.2 Å². The molecule has 0 aliphatic heterocycles. The average Bonchev–Trinajstić information content (AvgIpc) is 2.53. The van der Waals surface area contributed by atoms with E-state index in [0.717, 1.165) is 12.6 Å². The van der Waals surface area contributed by atoms with Crippen molar-refractivity contribution < 1.29 is 9.18 Å². The average molecular weight is 293 g/mol. The van der Waals surface area contributed by atoms with Crippen LogP contribution in [0.2, 0.25) is 0 Å². The van der Waals surface area contributed by atoms with Crippen LogP contribution in [0.1, 0.15) is 55.8 Å². The molecule has 2 N–H and O–H groups in total. The second-order valence-electron chi connectivity index (χ2n) is 5.69. The summed E-state index contributed by atoms with van der Waals surface area (Å²) in [7, 11) is 1.68. The van der Waals surface area contributed by atoms with E-state index < -0.39 is 5.82 Å². The first-order valence-corrected chi connectivity index (χ1v) is 7.79. The number of hydrogen-bond donors (Lipinski definition) is 2. The lowest BCUT2D eigenvalue weighted by Gasteiger charge is -2.30. The van der Waals surface area contributed by atoms with E-state index in [4.69, 9.17) is 0 Å². The van der Waals surface area contributed by atoms with Crippen LogP contribution in [0, 0.1) is 11.7 Å². The third-order valence-electron chi connectivity index (χ3n) is 4.31. The van der Waals surface area contributed by atoms with Crippen LogP contribution in [0.3, 0.4) is 0 Å². The van der Waals surface area contributed by atoms with Gasteiger partial charge in [0.25, 0.3) is 5.91 Å². The van der Waals surface area contributed by atoms with Gasteiger partial charge in [0.15, 0.2) is 0 Å². The number of halogens is 1. The molecule has 1 saturated carbocycles. The van der Waals surface area contributed by atoms with Crippen molar-refractivity contribution in [3.8, 4) is 0 Å². The Morgan fingerprint density at radius 3 is 2.76 bits per heavy atom. The predicted molar refractivity (Wildman–Crippen MR) is 81.9 cm³/mol. The Kier molecular flexibility index (Phi) is 5.53. The van der Waals surface area contributed by atoms with Crippen LogP contribution in [-0.2, 0) is 0 Å². The Morgan fingerprint density at radius 2 is 2.14 bits per heavy atom. The van der Waals surface area contributed by atoms with Gasteiger partial charge in [0.1, 0.15) is 11.6 Å². The highest BCUT2D eigenvalue weighted by Crippen LogP contribution is 2.28. The zero-order valence-corrected chi connectivity index (χ0v) is 12.8. The van der Waals surface area contributed by atoms with E-state index in [0.29, 0.717) is 11.7 Å². The van der Waals surface area contributed by atoms with Crippen molar-refractivity contribution in [2.75, 3.05) is 12.4 Å². The lowest BCUT2D eigenvalue weighted by Crippen LogP contribution is -2.41. The molecule has 116 valence electrons. The summed E-state index contributed by atoms with van der Waals surface area (Å²) in [6, 6.07) is 1.40. The van der Waals surface area contributed by atoms with Gasteiger partial charge in [0.05, 0.1) is 11.8 Å². The minimum absolute atomic E-state index is 0.158. The van der Waals surface area contributed by atoms with E-state index >= 15 is 0 Å². The number of rotatable bonds is 5. The number of aromatic nitrogens is 1. The van der Waals surface area contributed by atoms with Gasteiger partial charge in [-0.2, -0.15) is 0 Å². The van der Waals surface area contributed by atoms with E-state index in [2.05, 4.69) is 22.5 Å². The molecule has 1 aromatic rings. The summed E-state index contributed by atoms with van der Waals surface area (Å²) < 4.78 is 13.3. The van der Waals surface area contributed by atoms with E-state index in [1.807, 2.05) is 0 Å². The molecule has 0 aromatic carbocycles. The molecule has 1 aliphatic carbocycles. The van der Waals surface area contributed by atoms with Crippen LogP contribution in [0.5, 0.6) is 0 Å². The molecule has 1 heterocycles. The van der Waals surface area contributed by atoms with Gasteiger partial charge in [-0.25, -0.2) is 9.37 Å². The van der Waals surface area contributed by atoms with Gasteiger partial charge in [0.2, 0.25) is 0 Å². The molecule has 0 bridgehead atoms. The number of hydrogen-bond acceptors (Lipinski definition) is 3. The van der Waals surface area contributed by atoms with E-state index in [-0.39, 0.29) is 17.5 Å². The van der Waals surface area contributed by atoms with Crippen molar-refractivity contribution in [1.82, 2.24) is 10.3 Å². The van der Waals surface area contributed by atoms with Gasteiger partial charge in [0, 0.05) is 13.1 Å². The van der Waals surface area contributed by atoms with Crippen LogP contribution < -0.4 is 10.6 Å². The lowest BCUT2D eigenvalue weighted by molar-refractivity contribution is 0.0911. The molecule has 21 heavy (non-hydrogen) atoms. The lowest BCUT2D eigenvalue weighted by atomic mass is 9.83. The molecule has 1 unspecified atom stereocenters. The first kappa shape index (κ1) is 15.7. The number of pyridine rings is 1. The Morgan fingerprint density at radius 1 is 1.43 bits per heavy atom. The number of anilines is 1. The SMILES string of the molecule is CCC(NC(=O)c1cc(F)cnc1NC)C1CCCCC1. The monoisotopic (exact) mass is 293 g/mol. The summed E-state index contributed by atoms with van der Waals surface area (Å²) in [6.07, 6.45) is 8.10. The predicted octanol–water partition coefficient (Wildman–Crippen LogP) is 3.35. The highest BCUT2D eigenvalue weighted by molar-refractivity contribution is 5.98. The van der Waals surface area contributed by atoms with E-state index in [9.17, 15) is 9.18 Å². The van der Waals surface area contributed by atoms with Gasteiger partial charge in [-0.15, -0.1) is 0 Å². The first-order valence-electron chi connectivity index (χ1n) is 7.79. The second kappa shape index (κ2) is 7.38. The highest BCUT2D eigenvalue weighted by atomic mass is 19.1. The zero-order valence-electron chi connectivity index (χ0n) is 12.8. The Labute approximate surface area is 125 Å². The van der Waals surface area contributed by atoms with Crippen LogP contribution in [0.25, 0.3) is 0 Å². The zero-order chi connectivity index (χ0) is 15.2. The normalized spacial score (nSPS) is 17.3. The first-order chi connectivity index (χ1) is 10.2. The number of nitrogens with zero attached hydrogens (tertiary/aromatic N) is 1. The second-order valence-corrected chi connectivity index (χ2v) is 5.69. The fraction of sp³-hybridized carbons (Fsp3) is 0.625. The molecule has 0 saturated heterocycles. The fourth-order valence-corrected chi connectivity index (χ4v) is 3.15. The van der Waals surface area contributed by atoms with Gasteiger partial charge < -0.3 is 10.6 Å². The minimum atomic E-state index is -0.495. The number of amides is 1. The molecule has 0 spiro atoms. The molecule has 1 aliphatic rings. The summed E-state index contributed by atoms with van der Waals surface area (Å²) in [5.74, 6) is 0.202. The summed E-state index contributed by atoms with van der Waals surface area (Å²) in [5.41, 5.74) is 0.270. The summed E-state index contributed by atoms with van der Waals surface area (Å²) >= 11 is 0. The third kappa shape index (κ3) is 3.93. The van der Waals surface area contributed by atoms with Crippen molar-refractivity contribution in [2.45, 2.75) is 51.5 Å². The van der Waals surface area contributed by atoms with Crippen LogP contribution in [0.15, 0.2) is 12.3 Å². The standard InChI is InChI=1S/C16H24FN3O/c1-3-14(11-7-5-4-6-8-11)20-16(21)13-9-12(17)10-19-15(13)18-2/h9-11,14H,3-8H2,1-2H3,(H,18,19)(H,20,21). The third-order valence-corrected chi connectivity index (χ3v) is 4.31. The number of nitrogens with one attached hydrogen (secondary N) is 2. The topological polar surface area (TPSA) is 54.0 Å². The maximum Gasteiger partial charge on any atom is 0.255 e. The van der Waals surface area contributed by atoms with Crippen LogP contribution in [-0.4, -0.2) is 24.0 Å². The van der Waals surface area contributed by atoms with Gasteiger partial charge >= 0.3 is 0 Å². The largest absolute Gasteiger partial charge is 0.372 e. The Bertz CT molecular complexity index is 486. The molecule has 1 fully saturated rings. The highest BCUT2D eigenvalue weighted by Gasteiger charge is 2.25. The Balaban J connectivity index is 2.10. The van der Waals surface area contributed by atoms with Crippen LogP contribution in [0.4, 0.5) is 10.2 Å². The minimum Gasteiger partial charge on any atom is -0.372 e. The number of carbonyl (C=O) groups excluding carboxylic acids is 1. The van der Waals surface area contributed by atoms with Crippen molar-refractivity contribution in [1.29, 1.82) is 0 Å². The quantitative estimate of drug-likeness (QED) is 0.875. The molecule has 5 heteroatoms. The summed E-state index contributed by atoms with van der Waals surface area (Å²) in [6.45, 7) is 2.09. The molecule has 1 atom stereocenters. The number of carbonyl (C=O) groups is 1. The van der Waals surface area contributed by atoms with Crippen molar-refractivity contribution in [3.63, 3.8) is 0 Å².